The number of amides is 2. The third-order valence-electron chi connectivity index (χ3n) is 8.02. The zero-order chi connectivity index (χ0) is 27.3. The van der Waals surface area contributed by atoms with E-state index >= 15 is 0 Å². The number of aliphatic imine (C=N–C) groups is 4. The van der Waals surface area contributed by atoms with E-state index in [1.165, 1.54) is 12.8 Å². The summed E-state index contributed by atoms with van der Waals surface area (Å²) >= 11 is 0. The van der Waals surface area contributed by atoms with E-state index < -0.39 is 0 Å². The van der Waals surface area contributed by atoms with Gasteiger partial charge in [0.05, 0.1) is 0 Å². The van der Waals surface area contributed by atoms with Crippen LogP contribution in [-0.2, 0) is 0 Å². The number of likely N-dealkylation sites (tertiary alicyclic amines) is 1. The molecule has 4 rings (SSSR count). The van der Waals surface area contributed by atoms with Gasteiger partial charge in [-0.1, -0.05) is 88.4 Å². The second-order valence-corrected chi connectivity index (χ2v) is 10.9. The molecule has 0 aromatic heterocycles. The van der Waals surface area contributed by atoms with Crippen LogP contribution in [0.2, 0.25) is 0 Å². The molecule has 0 aliphatic carbocycles. The number of benzene rings is 2. The van der Waals surface area contributed by atoms with Crippen molar-refractivity contribution in [2.75, 3.05) is 26.2 Å². The third kappa shape index (κ3) is 5.47. The Balaban J connectivity index is 1.89. The van der Waals surface area contributed by atoms with Crippen LogP contribution >= 0.6 is 0 Å². The summed E-state index contributed by atoms with van der Waals surface area (Å²) in [7, 11) is 0. The number of hydrogen-bond donors (Lipinski definition) is 0. The van der Waals surface area contributed by atoms with E-state index in [2.05, 4.69) is 37.6 Å². The molecule has 38 heavy (non-hydrogen) atoms. The van der Waals surface area contributed by atoms with Crippen molar-refractivity contribution in [2.24, 2.45) is 30.8 Å². The van der Waals surface area contributed by atoms with E-state index in [-0.39, 0.29) is 16.9 Å². The first-order valence-corrected chi connectivity index (χ1v) is 13.7. The van der Waals surface area contributed by atoms with Gasteiger partial charge in [-0.05, 0) is 26.7 Å². The van der Waals surface area contributed by atoms with Gasteiger partial charge in [-0.3, -0.25) is 0 Å². The monoisotopic (exact) mass is 512 g/mol. The van der Waals surface area contributed by atoms with Gasteiger partial charge in [0.15, 0.2) is 11.7 Å². The second kappa shape index (κ2) is 11.4. The first-order chi connectivity index (χ1) is 18.2. The normalized spacial score (nSPS) is 20.1. The Morgan fingerprint density at radius 2 is 1.34 bits per heavy atom. The number of nitrogens with zero attached hydrogens (tertiary/aromatic N) is 6. The lowest BCUT2D eigenvalue weighted by Gasteiger charge is -2.38. The second-order valence-electron chi connectivity index (χ2n) is 10.9. The summed E-state index contributed by atoms with van der Waals surface area (Å²) in [4.78, 5) is 36.8. The average Bonchev–Trinajstić information content (AvgIpc) is 3.50. The molecule has 0 N–H and O–H groups in total. The Kier molecular flexibility index (Phi) is 8.24. The van der Waals surface area contributed by atoms with Gasteiger partial charge in [0.2, 0.25) is 0 Å². The molecule has 2 amide bonds. The molecular formula is C31H40N6O. The smallest absolute Gasteiger partial charge is 0.345 e. The summed E-state index contributed by atoms with van der Waals surface area (Å²) in [6.45, 7) is 16.0. The van der Waals surface area contributed by atoms with Crippen LogP contribution in [0.15, 0.2) is 80.6 Å². The lowest BCUT2D eigenvalue weighted by atomic mass is 9.68. The Labute approximate surface area is 227 Å². The first kappa shape index (κ1) is 27.4. The minimum absolute atomic E-state index is 0.187. The summed E-state index contributed by atoms with van der Waals surface area (Å²) in [6.07, 6.45) is 2.38. The molecule has 2 aromatic rings. The number of rotatable bonds is 4. The average molecular weight is 513 g/mol. The van der Waals surface area contributed by atoms with Crippen molar-refractivity contribution < 1.29 is 4.79 Å². The van der Waals surface area contributed by atoms with Crippen LogP contribution in [0.3, 0.4) is 0 Å². The van der Waals surface area contributed by atoms with Crippen LogP contribution in [0.25, 0.3) is 0 Å². The maximum absolute atomic E-state index is 13.0. The van der Waals surface area contributed by atoms with Crippen LogP contribution < -0.4 is 0 Å². The third-order valence-corrected chi connectivity index (χ3v) is 8.02. The Bertz CT molecular complexity index is 1250. The minimum atomic E-state index is -0.318. The standard InChI is InChI=1S/C31H40N6O/c1-7-36(8-2)29(38)34-26(24-19-13-10-14-20-24)32-25(23-17-11-9-12-18-23)33-27-30(3,4)31(5,6)28(35-27)37-21-15-16-22-37/h9-14,17-20H,7-8,15-16,21-22H2,1-6H3/b32-25?,33-27?,34-26+. The molecule has 2 aliphatic rings. The topological polar surface area (TPSA) is 73.0 Å². The van der Waals surface area contributed by atoms with Crippen LogP contribution in [0.5, 0.6) is 0 Å². The highest BCUT2D eigenvalue weighted by atomic mass is 16.2. The predicted molar refractivity (Wildman–Crippen MR) is 158 cm³/mol. The number of carbonyl (C=O) groups excluding carboxylic acids is 1. The highest BCUT2D eigenvalue weighted by Gasteiger charge is 2.52. The molecule has 7 heteroatoms. The number of hydrogen-bond acceptors (Lipinski definition) is 2. The maximum Gasteiger partial charge on any atom is 0.345 e. The van der Waals surface area contributed by atoms with Crippen molar-refractivity contribution in [3.8, 4) is 0 Å². The highest BCUT2D eigenvalue weighted by molar-refractivity contribution is 6.19. The van der Waals surface area contributed by atoms with Gasteiger partial charge in [-0.15, -0.1) is 0 Å². The molecule has 1 fully saturated rings. The van der Waals surface area contributed by atoms with Gasteiger partial charge in [0, 0.05) is 48.1 Å². The number of urea groups is 1. The van der Waals surface area contributed by atoms with E-state index in [1.807, 2.05) is 74.5 Å². The van der Waals surface area contributed by atoms with Crippen molar-refractivity contribution in [1.82, 2.24) is 9.80 Å². The van der Waals surface area contributed by atoms with Crippen molar-refractivity contribution in [3.05, 3.63) is 71.8 Å². The highest BCUT2D eigenvalue weighted by Crippen LogP contribution is 2.47. The molecule has 2 aromatic carbocycles. The van der Waals surface area contributed by atoms with Crippen molar-refractivity contribution >= 4 is 29.4 Å². The molecule has 200 valence electrons. The Morgan fingerprint density at radius 3 is 1.87 bits per heavy atom. The van der Waals surface area contributed by atoms with Crippen LogP contribution in [0, 0.1) is 10.8 Å². The fraction of sp³-hybridized carbons (Fsp3) is 0.452. The molecule has 7 nitrogen and oxygen atoms in total. The van der Waals surface area contributed by atoms with Gasteiger partial charge in [-0.2, -0.15) is 4.99 Å². The molecule has 0 atom stereocenters. The first-order valence-electron chi connectivity index (χ1n) is 13.7. The summed E-state index contributed by atoms with van der Waals surface area (Å²) in [6, 6.07) is 19.2. The lowest BCUT2D eigenvalue weighted by molar-refractivity contribution is 0.213. The van der Waals surface area contributed by atoms with Crippen LogP contribution in [-0.4, -0.2) is 65.4 Å². The molecule has 2 aliphatic heterocycles. The molecule has 1 saturated heterocycles. The van der Waals surface area contributed by atoms with Crippen molar-refractivity contribution in [2.45, 2.75) is 54.4 Å². The summed E-state index contributed by atoms with van der Waals surface area (Å²) in [5.41, 5.74) is 1.10. The summed E-state index contributed by atoms with van der Waals surface area (Å²) in [5, 5.41) is 0. The fourth-order valence-corrected chi connectivity index (χ4v) is 4.84. The Hall–Kier alpha value is -3.61. The van der Waals surface area contributed by atoms with Crippen molar-refractivity contribution in [1.29, 1.82) is 0 Å². The molecule has 0 bridgehead atoms. The summed E-state index contributed by atoms with van der Waals surface area (Å²) < 4.78 is 0. The van der Waals surface area contributed by atoms with Crippen LogP contribution in [0.1, 0.15) is 65.5 Å². The van der Waals surface area contributed by atoms with E-state index in [0.717, 1.165) is 35.9 Å². The summed E-state index contributed by atoms with van der Waals surface area (Å²) in [5.74, 6) is 2.67. The molecular weight excluding hydrogens is 472 g/mol. The van der Waals surface area contributed by atoms with E-state index in [1.54, 1.807) is 4.90 Å². The quantitative estimate of drug-likeness (QED) is 0.356. The lowest BCUT2D eigenvalue weighted by Crippen LogP contribution is -2.44. The minimum Gasteiger partial charge on any atom is -0.360 e. The molecule has 0 unspecified atom stereocenters. The van der Waals surface area contributed by atoms with Gasteiger partial charge in [0.1, 0.15) is 11.7 Å². The molecule has 2 heterocycles. The molecule has 0 radical (unpaired) electrons. The largest absolute Gasteiger partial charge is 0.360 e. The fourth-order valence-electron chi connectivity index (χ4n) is 4.84. The van der Waals surface area contributed by atoms with Gasteiger partial charge in [0.25, 0.3) is 0 Å². The molecule has 0 saturated carbocycles. The number of carbonyl (C=O) groups is 1. The van der Waals surface area contributed by atoms with E-state index in [4.69, 9.17) is 15.0 Å². The zero-order valence-corrected chi connectivity index (χ0v) is 23.6. The van der Waals surface area contributed by atoms with Gasteiger partial charge in [-0.25, -0.2) is 19.8 Å². The predicted octanol–water partition coefficient (Wildman–Crippen LogP) is 6.30. The number of amidine groups is 4. The zero-order valence-electron chi connectivity index (χ0n) is 23.6. The van der Waals surface area contributed by atoms with E-state index in [9.17, 15) is 4.79 Å². The SMILES string of the molecule is CCN(CC)C(=O)/N=C(/N=C(N=C1N=C(N2CCCC2)C(C)(C)C1(C)C)c1ccccc1)c1ccccc1. The van der Waals surface area contributed by atoms with Gasteiger partial charge >= 0.3 is 6.03 Å². The maximum atomic E-state index is 13.0. The van der Waals surface area contributed by atoms with Gasteiger partial charge < -0.3 is 9.80 Å². The van der Waals surface area contributed by atoms with Crippen LogP contribution in [0.4, 0.5) is 4.79 Å². The van der Waals surface area contributed by atoms with Crippen molar-refractivity contribution in [3.63, 3.8) is 0 Å². The molecule has 0 spiro atoms. The Morgan fingerprint density at radius 1 is 0.816 bits per heavy atom. The van der Waals surface area contributed by atoms with E-state index in [0.29, 0.717) is 24.8 Å².